The number of methoxy groups -OCH3 is 1. The van der Waals surface area contributed by atoms with Gasteiger partial charge in [-0.15, -0.1) is 0 Å². The van der Waals surface area contributed by atoms with Crippen LogP contribution in [0.15, 0.2) is 48.5 Å². The molecule has 2 aromatic carbocycles. The molecule has 1 amide bonds. The lowest BCUT2D eigenvalue weighted by atomic mass is 10.0. The fourth-order valence-corrected chi connectivity index (χ4v) is 3.62. The minimum absolute atomic E-state index is 0.0161. The first kappa shape index (κ1) is 17.7. The summed E-state index contributed by atoms with van der Waals surface area (Å²) >= 11 is 0. The summed E-state index contributed by atoms with van der Waals surface area (Å²) in [5.74, 6) is 1.68. The van der Waals surface area contributed by atoms with Gasteiger partial charge in [0.05, 0.1) is 13.2 Å². The van der Waals surface area contributed by atoms with Crippen LogP contribution >= 0.6 is 0 Å². The lowest BCUT2D eigenvalue weighted by Gasteiger charge is -2.19. The zero-order chi connectivity index (χ0) is 17.8. The van der Waals surface area contributed by atoms with E-state index < -0.39 is 10.8 Å². The van der Waals surface area contributed by atoms with Crippen molar-refractivity contribution in [1.82, 2.24) is 5.32 Å². The quantitative estimate of drug-likeness (QED) is 0.826. The van der Waals surface area contributed by atoms with Gasteiger partial charge in [-0.2, -0.15) is 0 Å². The number of benzene rings is 2. The van der Waals surface area contributed by atoms with Crippen LogP contribution in [0.4, 0.5) is 0 Å². The largest absolute Gasteiger partial charge is 0.497 e. The summed E-state index contributed by atoms with van der Waals surface area (Å²) in [7, 11) is 0.722. The van der Waals surface area contributed by atoms with E-state index in [9.17, 15) is 9.00 Å². The maximum Gasteiger partial charge on any atom is 0.251 e. The zero-order valence-corrected chi connectivity index (χ0v) is 15.3. The second-order valence-electron chi connectivity index (χ2n) is 6.48. The number of nitrogens with one attached hydrogen (secondary N) is 1. The fourth-order valence-electron chi connectivity index (χ4n) is 2.98. The lowest BCUT2D eigenvalue weighted by Crippen LogP contribution is -2.30. The second-order valence-corrected chi connectivity index (χ2v) is 7.91. The Morgan fingerprint density at radius 1 is 1.24 bits per heavy atom. The maximum atomic E-state index is 12.7. The van der Waals surface area contributed by atoms with Crippen molar-refractivity contribution < 1.29 is 13.7 Å². The van der Waals surface area contributed by atoms with Gasteiger partial charge in [0.15, 0.2) is 0 Å². The molecule has 1 aliphatic rings. The number of amides is 1. The van der Waals surface area contributed by atoms with Crippen molar-refractivity contribution in [1.29, 1.82) is 0 Å². The topological polar surface area (TPSA) is 55.4 Å². The standard InChI is InChI=1S/C20H23NO3S/c1-24-18-10-8-16(9-11-18)19(15-6-7-15)21-20(22)17-5-3-4-14(12-17)13-25(2)23/h3-5,8-12,15,19H,6-7,13H2,1-2H3,(H,21,22). The molecule has 0 heterocycles. The monoisotopic (exact) mass is 357 g/mol. The summed E-state index contributed by atoms with van der Waals surface area (Å²) in [6.07, 6.45) is 3.93. The summed E-state index contributed by atoms with van der Waals surface area (Å²) < 4.78 is 16.6. The average Bonchev–Trinajstić information content (AvgIpc) is 3.44. The van der Waals surface area contributed by atoms with Crippen LogP contribution in [0.3, 0.4) is 0 Å². The van der Waals surface area contributed by atoms with E-state index in [2.05, 4.69) is 5.32 Å². The summed E-state index contributed by atoms with van der Waals surface area (Å²) in [5.41, 5.74) is 2.63. The van der Waals surface area contributed by atoms with Crippen molar-refractivity contribution >= 4 is 16.7 Å². The molecule has 1 aliphatic carbocycles. The van der Waals surface area contributed by atoms with Crippen molar-refractivity contribution in [2.75, 3.05) is 13.4 Å². The van der Waals surface area contributed by atoms with Gasteiger partial charge in [-0.3, -0.25) is 9.00 Å². The fraction of sp³-hybridized carbons (Fsp3) is 0.350. The third-order valence-corrected chi connectivity index (χ3v) is 5.15. The molecule has 4 nitrogen and oxygen atoms in total. The molecular weight excluding hydrogens is 334 g/mol. The van der Waals surface area contributed by atoms with Crippen LogP contribution in [-0.4, -0.2) is 23.5 Å². The molecule has 0 bridgehead atoms. The van der Waals surface area contributed by atoms with Gasteiger partial charge in [0.25, 0.3) is 5.91 Å². The molecule has 0 aliphatic heterocycles. The van der Waals surface area contributed by atoms with E-state index in [1.807, 2.05) is 42.5 Å². The smallest absolute Gasteiger partial charge is 0.251 e. The molecule has 3 rings (SSSR count). The first-order valence-electron chi connectivity index (χ1n) is 8.40. The number of ether oxygens (including phenoxy) is 1. The maximum absolute atomic E-state index is 12.7. The van der Waals surface area contributed by atoms with Crippen molar-refractivity contribution in [3.63, 3.8) is 0 Å². The van der Waals surface area contributed by atoms with Crippen molar-refractivity contribution in [3.05, 3.63) is 65.2 Å². The molecule has 25 heavy (non-hydrogen) atoms. The van der Waals surface area contributed by atoms with E-state index in [0.717, 1.165) is 29.7 Å². The van der Waals surface area contributed by atoms with E-state index in [4.69, 9.17) is 4.74 Å². The van der Waals surface area contributed by atoms with E-state index >= 15 is 0 Å². The molecule has 1 fully saturated rings. The van der Waals surface area contributed by atoms with E-state index in [-0.39, 0.29) is 11.9 Å². The van der Waals surface area contributed by atoms with E-state index in [0.29, 0.717) is 17.2 Å². The number of rotatable bonds is 7. The van der Waals surface area contributed by atoms with Crippen LogP contribution in [0.2, 0.25) is 0 Å². The summed E-state index contributed by atoms with van der Waals surface area (Å²) in [6.45, 7) is 0. The van der Waals surface area contributed by atoms with Crippen LogP contribution in [-0.2, 0) is 16.6 Å². The van der Waals surface area contributed by atoms with Gasteiger partial charge in [-0.1, -0.05) is 24.3 Å². The zero-order valence-electron chi connectivity index (χ0n) is 14.5. The molecule has 0 spiro atoms. The van der Waals surface area contributed by atoms with Crippen LogP contribution < -0.4 is 10.1 Å². The molecule has 0 radical (unpaired) electrons. The lowest BCUT2D eigenvalue weighted by molar-refractivity contribution is 0.0931. The number of carbonyl (C=O) groups excluding carboxylic acids is 1. The van der Waals surface area contributed by atoms with Gasteiger partial charge < -0.3 is 10.1 Å². The molecule has 0 saturated heterocycles. The predicted molar refractivity (Wildman–Crippen MR) is 100 cm³/mol. The molecule has 2 atom stereocenters. The molecule has 1 N–H and O–H groups in total. The van der Waals surface area contributed by atoms with Gasteiger partial charge in [0.1, 0.15) is 5.75 Å². The summed E-state index contributed by atoms with van der Waals surface area (Å²) in [4.78, 5) is 12.7. The minimum atomic E-state index is -0.923. The molecule has 2 unspecified atom stereocenters. The Morgan fingerprint density at radius 2 is 1.96 bits per heavy atom. The Kier molecular flexibility index (Phi) is 5.53. The van der Waals surface area contributed by atoms with Gasteiger partial charge in [-0.05, 0) is 54.2 Å². The van der Waals surface area contributed by atoms with Crippen molar-refractivity contribution in [2.24, 2.45) is 5.92 Å². The average molecular weight is 357 g/mol. The van der Waals surface area contributed by atoms with Crippen LogP contribution in [0, 0.1) is 5.92 Å². The minimum Gasteiger partial charge on any atom is -0.497 e. The summed E-state index contributed by atoms with van der Waals surface area (Å²) in [5, 5.41) is 3.17. The van der Waals surface area contributed by atoms with Gasteiger partial charge in [0, 0.05) is 28.4 Å². The molecule has 5 heteroatoms. The van der Waals surface area contributed by atoms with Crippen molar-refractivity contribution in [3.8, 4) is 5.75 Å². The Labute approximate surface area is 151 Å². The van der Waals surface area contributed by atoms with Gasteiger partial charge >= 0.3 is 0 Å². The highest BCUT2D eigenvalue weighted by Crippen LogP contribution is 2.41. The number of hydrogen-bond donors (Lipinski definition) is 1. The predicted octanol–water partition coefficient (Wildman–Crippen LogP) is 3.45. The van der Waals surface area contributed by atoms with Crippen molar-refractivity contribution in [2.45, 2.75) is 24.6 Å². The highest BCUT2D eigenvalue weighted by molar-refractivity contribution is 7.83. The van der Waals surface area contributed by atoms with Gasteiger partial charge in [-0.25, -0.2) is 0 Å². The van der Waals surface area contributed by atoms with Crippen LogP contribution in [0.5, 0.6) is 5.75 Å². The number of hydrogen-bond acceptors (Lipinski definition) is 3. The Bertz CT molecular complexity index is 769. The molecule has 132 valence electrons. The Morgan fingerprint density at radius 3 is 2.56 bits per heavy atom. The molecule has 1 saturated carbocycles. The Balaban J connectivity index is 1.75. The second kappa shape index (κ2) is 7.83. The molecular formula is C20H23NO3S. The van der Waals surface area contributed by atoms with E-state index in [1.165, 1.54) is 0 Å². The molecule has 2 aromatic rings. The highest BCUT2D eigenvalue weighted by Gasteiger charge is 2.33. The highest BCUT2D eigenvalue weighted by atomic mass is 32.2. The Hall–Kier alpha value is -2.14. The van der Waals surface area contributed by atoms with Gasteiger partial charge in [0.2, 0.25) is 0 Å². The third-order valence-electron chi connectivity index (χ3n) is 4.41. The first-order chi connectivity index (χ1) is 12.1. The first-order valence-corrected chi connectivity index (χ1v) is 10.1. The normalized spacial score (nSPS) is 16.1. The SMILES string of the molecule is COc1ccc(C(NC(=O)c2cccc(CS(C)=O)c2)C2CC2)cc1. The van der Waals surface area contributed by atoms with Crippen LogP contribution in [0.25, 0.3) is 0 Å². The number of carbonyl (C=O) groups is 1. The van der Waals surface area contributed by atoms with Crippen LogP contribution in [0.1, 0.15) is 40.4 Å². The third kappa shape index (κ3) is 4.69. The van der Waals surface area contributed by atoms with E-state index in [1.54, 1.807) is 19.4 Å². The summed E-state index contributed by atoms with van der Waals surface area (Å²) in [6, 6.07) is 15.3. The molecule has 0 aromatic heterocycles.